The first kappa shape index (κ1) is 13.4. The summed E-state index contributed by atoms with van der Waals surface area (Å²) in [7, 11) is 2.06. The van der Waals surface area contributed by atoms with Crippen molar-refractivity contribution in [2.75, 3.05) is 25.1 Å². The Kier molecular flexibility index (Phi) is 5.39. The van der Waals surface area contributed by atoms with Crippen molar-refractivity contribution in [3.05, 3.63) is 34.3 Å². The smallest absolute Gasteiger partial charge is 0.0210 e. The van der Waals surface area contributed by atoms with E-state index >= 15 is 0 Å². The van der Waals surface area contributed by atoms with Gasteiger partial charge in [-0.3, -0.25) is 0 Å². The maximum absolute atomic E-state index is 3.70. The SMILES string of the molecule is CNCC(c1ccccc1Br)C1CCCSC1. The van der Waals surface area contributed by atoms with Gasteiger partial charge in [-0.15, -0.1) is 0 Å². The van der Waals surface area contributed by atoms with E-state index in [1.54, 1.807) is 0 Å². The Morgan fingerprint density at radius 3 is 2.94 bits per heavy atom. The van der Waals surface area contributed by atoms with Crippen LogP contribution in [-0.4, -0.2) is 25.1 Å². The summed E-state index contributed by atoms with van der Waals surface area (Å²) in [5, 5.41) is 3.36. The van der Waals surface area contributed by atoms with E-state index in [0.29, 0.717) is 5.92 Å². The zero-order valence-electron chi connectivity index (χ0n) is 10.3. The Hall–Kier alpha value is 0.01000. The number of hydrogen-bond donors (Lipinski definition) is 1. The van der Waals surface area contributed by atoms with E-state index in [9.17, 15) is 0 Å². The van der Waals surface area contributed by atoms with E-state index in [4.69, 9.17) is 0 Å². The maximum Gasteiger partial charge on any atom is 0.0210 e. The molecule has 0 bridgehead atoms. The highest BCUT2D eigenvalue weighted by Crippen LogP contribution is 2.37. The van der Waals surface area contributed by atoms with Gasteiger partial charge in [0, 0.05) is 16.9 Å². The van der Waals surface area contributed by atoms with E-state index in [1.165, 1.54) is 34.4 Å². The molecule has 94 valence electrons. The molecule has 2 atom stereocenters. The highest BCUT2D eigenvalue weighted by molar-refractivity contribution is 9.10. The molecule has 0 aliphatic carbocycles. The standard InChI is InChI=1S/C14H20BrNS/c1-16-9-13(11-5-4-8-17-10-11)12-6-2-3-7-14(12)15/h2-3,6-7,11,13,16H,4-5,8-10H2,1H3. The van der Waals surface area contributed by atoms with Crippen molar-refractivity contribution in [2.45, 2.75) is 18.8 Å². The van der Waals surface area contributed by atoms with Crippen LogP contribution in [0.3, 0.4) is 0 Å². The van der Waals surface area contributed by atoms with Crippen LogP contribution < -0.4 is 5.32 Å². The number of thioether (sulfide) groups is 1. The average Bonchev–Trinajstić information content (AvgIpc) is 2.38. The minimum absolute atomic E-state index is 0.642. The molecule has 1 N–H and O–H groups in total. The van der Waals surface area contributed by atoms with Crippen molar-refractivity contribution in [1.29, 1.82) is 0 Å². The second kappa shape index (κ2) is 6.81. The van der Waals surface area contributed by atoms with Crippen molar-refractivity contribution < 1.29 is 0 Å². The molecule has 1 aliphatic heterocycles. The van der Waals surface area contributed by atoms with Gasteiger partial charge in [0.15, 0.2) is 0 Å². The third kappa shape index (κ3) is 3.49. The molecular formula is C14H20BrNS. The lowest BCUT2D eigenvalue weighted by atomic mass is 9.84. The predicted molar refractivity (Wildman–Crippen MR) is 80.9 cm³/mol. The van der Waals surface area contributed by atoms with Crippen LogP contribution in [0.5, 0.6) is 0 Å². The molecule has 2 rings (SSSR count). The second-order valence-corrected chi connectivity index (χ2v) is 6.67. The van der Waals surface area contributed by atoms with Gasteiger partial charge in [0.2, 0.25) is 0 Å². The Balaban J connectivity index is 2.18. The van der Waals surface area contributed by atoms with Crippen molar-refractivity contribution in [3.63, 3.8) is 0 Å². The highest BCUT2D eigenvalue weighted by atomic mass is 79.9. The maximum atomic E-state index is 3.70. The molecule has 3 heteroatoms. The molecule has 1 fully saturated rings. The predicted octanol–water partition coefficient (Wildman–Crippen LogP) is 3.90. The summed E-state index contributed by atoms with van der Waals surface area (Å²) in [4.78, 5) is 0. The first-order chi connectivity index (χ1) is 8.33. The molecule has 0 spiro atoms. The summed E-state index contributed by atoms with van der Waals surface area (Å²) in [5.41, 5.74) is 1.47. The molecule has 0 aromatic heterocycles. The summed E-state index contributed by atoms with van der Waals surface area (Å²) >= 11 is 5.81. The molecule has 1 aliphatic rings. The lowest BCUT2D eigenvalue weighted by Gasteiger charge is -2.31. The molecular weight excluding hydrogens is 294 g/mol. The fourth-order valence-corrected chi connectivity index (χ4v) is 4.43. The van der Waals surface area contributed by atoms with Crippen LogP contribution in [-0.2, 0) is 0 Å². The number of benzene rings is 1. The minimum atomic E-state index is 0.642. The van der Waals surface area contributed by atoms with Crippen molar-refractivity contribution in [2.24, 2.45) is 5.92 Å². The minimum Gasteiger partial charge on any atom is -0.319 e. The fraction of sp³-hybridized carbons (Fsp3) is 0.571. The molecule has 1 aromatic rings. The zero-order chi connectivity index (χ0) is 12.1. The van der Waals surface area contributed by atoms with Gasteiger partial charge in [-0.25, -0.2) is 0 Å². The van der Waals surface area contributed by atoms with Gasteiger partial charge < -0.3 is 5.32 Å². The van der Waals surface area contributed by atoms with Gasteiger partial charge >= 0.3 is 0 Å². The molecule has 1 aromatic carbocycles. The summed E-state index contributed by atoms with van der Waals surface area (Å²) in [6.45, 7) is 1.08. The molecule has 1 saturated heterocycles. The van der Waals surface area contributed by atoms with Gasteiger partial charge in [-0.1, -0.05) is 34.1 Å². The van der Waals surface area contributed by atoms with Gasteiger partial charge in [-0.05, 0) is 48.9 Å². The normalized spacial score (nSPS) is 22.4. The Morgan fingerprint density at radius 1 is 1.47 bits per heavy atom. The summed E-state index contributed by atoms with van der Waals surface area (Å²) in [6.07, 6.45) is 2.75. The summed E-state index contributed by atoms with van der Waals surface area (Å²) in [5.74, 6) is 4.12. The third-order valence-corrected chi connectivity index (χ3v) is 5.46. The Morgan fingerprint density at radius 2 is 2.29 bits per heavy atom. The number of halogens is 1. The summed E-state index contributed by atoms with van der Waals surface area (Å²) in [6, 6.07) is 8.68. The molecule has 17 heavy (non-hydrogen) atoms. The number of nitrogens with one attached hydrogen (secondary N) is 1. The molecule has 0 radical (unpaired) electrons. The fourth-order valence-electron chi connectivity index (χ4n) is 2.61. The van der Waals surface area contributed by atoms with Gasteiger partial charge in [0.05, 0.1) is 0 Å². The average molecular weight is 314 g/mol. The quantitative estimate of drug-likeness (QED) is 0.905. The van der Waals surface area contributed by atoms with Gasteiger partial charge in [-0.2, -0.15) is 11.8 Å². The van der Waals surface area contributed by atoms with E-state index in [0.717, 1.165) is 12.5 Å². The van der Waals surface area contributed by atoms with Crippen LogP contribution >= 0.6 is 27.7 Å². The molecule has 1 nitrogen and oxygen atoms in total. The third-order valence-electron chi connectivity index (χ3n) is 3.49. The van der Waals surface area contributed by atoms with Crippen LogP contribution in [0.15, 0.2) is 28.7 Å². The van der Waals surface area contributed by atoms with E-state index in [-0.39, 0.29) is 0 Å². The van der Waals surface area contributed by atoms with E-state index < -0.39 is 0 Å². The van der Waals surface area contributed by atoms with Crippen LogP contribution in [0, 0.1) is 5.92 Å². The summed E-state index contributed by atoms with van der Waals surface area (Å²) < 4.78 is 1.26. The topological polar surface area (TPSA) is 12.0 Å². The monoisotopic (exact) mass is 313 g/mol. The Labute approximate surface area is 117 Å². The van der Waals surface area contributed by atoms with Gasteiger partial charge in [0.25, 0.3) is 0 Å². The van der Waals surface area contributed by atoms with Crippen molar-refractivity contribution >= 4 is 27.7 Å². The number of hydrogen-bond acceptors (Lipinski definition) is 2. The van der Waals surface area contributed by atoms with Gasteiger partial charge in [0.1, 0.15) is 0 Å². The van der Waals surface area contributed by atoms with Crippen LogP contribution in [0.25, 0.3) is 0 Å². The number of rotatable bonds is 4. The molecule has 0 amide bonds. The highest BCUT2D eigenvalue weighted by Gasteiger charge is 2.25. The lowest BCUT2D eigenvalue weighted by Crippen LogP contribution is -2.27. The Bertz CT molecular complexity index is 350. The second-order valence-electron chi connectivity index (χ2n) is 4.66. The number of likely N-dealkylation sites (N-methyl/N-ethyl adjacent to an activating group) is 1. The molecule has 2 unspecified atom stereocenters. The first-order valence-corrected chi connectivity index (χ1v) is 8.24. The van der Waals surface area contributed by atoms with Crippen LogP contribution in [0.4, 0.5) is 0 Å². The zero-order valence-corrected chi connectivity index (χ0v) is 12.7. The largest absolute Gasteiger partial charge is 0.319 e. The molecule has 0 saturated carbocycles. The van der Waals surface area contributed by atoms with E-state index in [2.05, 4.69) is 64.3 Å². The first-order valence-electron chi connectivity index (χ1n) is 6.29. The van der Waals surface area contributed by atoms with Crippen molar-refractivity contribution in [3.8, 4) is 0 Å². The van der Waals surface area contributed by atoms with Crippen molar-refractivity contribution in [1.82, 2.24) is 5.32 Å². The molecule has 1 heterocycles. The van der Waals surface area contributed by atoms with Crippen LogP contribution in [0.1, 0.15) is 24.3 Å². The lowest BCUT2D eigenvalue weighted by molar-refractivity contribution is 0.412. The van der Waals surface area contributed by atoms with Crippen LogP contribution in [0.2, 0.25) is 0 Å². The van der Waals surface area contributed by atoms with E-state index in [1.807, 2.05) is 0 Å².